The summed E-state index contributed by atoms with van der Waals surface area (Å²) in [6.45, 7) is 4.34. The average molecular weight is 301 g/mol. The number of ketones is 1. The third kappa shape index (κ3) is 5.97. The lowest BCUT2D eigenvalue weighted by Crippen LogP contribution is -2.10. The first-order valence-corrected chi connectivity index (χ1v) is 7.78. The van der Waals surface area contributed by atoms with Crippen molar-refractivity contribution in [2.24, 2.45) is 5.92 Å². The van der Waals surface area contributed by atoms with Gasteiger partial charge in [0.05, 0.1) is 0 Å². The van der Waals surface area contributed by atoms with Crippen LogP contribution in [0.5, 0.6) is 0 Å². The molecule has 0 aromatic heterocycles. The Morgan fingerprint density at radius 2 is 2.00 bits per heavy atom. The smallest absolute Gasteiger partial charge is 0.137 e. The van der Waals surface area contributed by atoms with Crippen LogP contribution in [0, 0.1) is 5.92 Å². The fourth-order valence-electron chi connectivity index (χ4n) is 2.21. The number of carbonyl (C=O) groups is 1. The molecule has 0 spiro atoms. The van der Waals surface area contributed by atoms with Gasteiger partial charge in [-0.3, -0.25) is 4.79 Å². The van der Waals surface area contributed by atoms with Gasteiger partial charge in [-0.25, -0.2) is 0 Å². The summed E-state index contributed by atoms with van der Waals surface area (Å²) in [7, 11) is 0. The van der Waals surface area contributed by atoms with Crippen LogP contribution in [0.3, 0.4) is 0 Å². The van der Waals surface area contributed by atoms with Crippen LogP contribution in [0.25, 0.3) is 0 Å². The van der Waals surface area contributed by atoms with Gasteiger partial charge in [0.1, 0.15) is 5.78 Å². The van der Waals surface area contributed by atoms with Gasteiger partial charge >= 0.3 is 0 Å². The Labute approximate surface area is 126 Å². The van der Waals surface area contributed by atoms with E-state index in [9.17, 15) is 4.79 Å². The minimum atomic E-state index is 0.271. The first kappa shape index (κ1) is 16.5. The summed E-state index contributed by atoms with van der Waals surface area (Å²) < 4.78 is 0. The summed E-state index contributed by atoms with van der Waals surface area (Å²) in [5.41, 5.74) is 0.876. The summed E-state index contributed by atoms with van der Waals surface area (Å²) in [5, 5.41) is 1.19. The van der Waals surface area contributed by atoms with E-state index < -0.39 is 0 Å². The molecule has 1 atom stereocenters. The van der Waals surface area contributed by atoms with Crippen molar-refractivity contribution in [3.05, 3.63) is 33.8 Å². The number of Topliss-reactive ketones (excluding diaryl/α,β-unsaturated/α-hetero) is 1. The normalized spacial score (nSPS) is 12.4. The van der Waals surface area contributed by atoms with Crippen LogP contribution in [0.1, 0.15) is 51.5 Å². The first-order valence-electron chi connectivity index (χ1n) is 7.02. The second kappa shape index (κ2) is 8.60. The van der Waals surface area contributed by atoms with Crippen LogP contribution in [0.2, 0.25) is 10.0 Å². The standard InChI is InChI=1S/C16H22Cl2O/c1-3-5-6-12(4-2)9-15(19)10-13-7-8-14(17)11-16(13)18/h7-8,11-12H,3-6,9-10H2,1-2H3. The maximum atomic E-state index is 12.1. The molecule has 19 heavy (non-hydrogen) atoms. The van der Waals surface area contributed by atoms with Crippen molar-refractivity contribution in [2.45, 2.75) is 52.4 Å². The molecule has 0 fully saturated rings. The lowest BCUT2D eigenvalue weighted by atomic mass is 9.92. The van der Waals surface area contributed by atoms with Gasteiger partial charge in [-0.15, -0.1) is 0 Å². The minimum Gasteiger partial charge on any atom is -0.299 e. The van der Waals surface area contributed by atoms with Crippen molar-refractivity contribution in [2.75, 3.05) is 0 Å². The molecule has 0 saturated carbocycles. The highest BCUT2D eigenvalue weighted by molar-refractivity contribution is 6.35. The molecule has 0 N–H and O–H groups in total. The van der Waals surface area contributed by atoms with Gasteiger partial charge in [0.2, 0.25) is 0 Å². The molecule has 1 aromatic rings. The predicted octanol–water partition coefficient (Wildman–Crippen LogP) is 5.71. The van der Waals surface area contributed by atoms with Crippen molar-refractivity contribution < 1.29 is 4.79 Å². The Balaban J connectivity index is 2.54. The number of rotatable bonds is 8. The summed E-state index contributed by atoms with van der Waals surface area (Å²) in [6.07, 6.45) is 5.68. The molecule has 1 nitrogen and oxygen atoms in total. The van der Waals surface area contributed by atoms with E-state index in [0.29, 0.717) is 28.8 Å². The fraction of sp³-hybridized carbons (Fsp3) is 0.562. The zero-order valence-corrected chi connectivity index (χ0v) is 13.2. The molecule has 106 valence electrons. The molecule has 1 rings (SSSR count). The van der Waals surface area contributed by atoms with E-state index in [0.717, 1.165) is 18.4 Å². The topological polar surface area (TPSA) is 17.1 Å². The minimum absolute atomic E-state index is 0.271. The first-order chi connectivity index (χ1) is 9.06. The van der Waals surface area contributed by atoms with Gasteiger partial charge in [-0.2, -0.15) is 0 Å². The van der Waals surface area contributed by atoms with Crippen LogP contribution in [0.15, 0.2) is 18.2 Å². The maximum absolute atomic E-state index is 12.1. The molecule has 0 aliphatic carbocycles. The number of carbonyl (C=O) groups excluding carboxylic acids is 1. The molecule has 0 heterocycles. The molecule has 0 radical (unpaired) electrons. The van der Waals surface area contributed by atoms with Crippen LogP contribution in [0.4, 0.5) is 0 Å². The Kier molecular flexibility index (Phi) is 7.48. The average Bonchev–Trinajstić information content (AvgIpc) is 2.38. The highest BCUT2D eigenvalue weighted by atomic mass is 35.5. The third-order valence-electron chi connectivity index (χ3n) is 3.46. The molecule has 0 amide bonds. The fourth-order valence-corrected chi connectivity index (χ4v) is 2.69. The summed E-state index contributed by atoms with van der Waals surface area (Å²) in [5.74, 6) is 0.783. The van der Waals surface area contributed by atoms with Gasteiger partial charge in [-0.05, 0) is 23.6 Å². The van der Waals surface area contributed by atoms with Gasteiger partial charge in [0.15, 0.2) is 0 Å². The Hall–Kier alpha value is -0.530. The van der Waals surface area contributed by atoms with Gasteiger partial charge < -0.3 is 0 Å². The summed E-state index contributed by atoms with van der Waals surface area (Å²) >= 11 is 11.9. The molecular weight excluding hydrogens is 279 g/mol. The molecule has 0 bridgehead atoms. The highest BCUT2D eigenvalue weighted by Crippen LogP contribution is 2.23. The second-order valence-corrected chi connectivity index (χ2v) is 5.92. The van der Waals surface area contributed by atoms with Crippen molar-refractivity contribution in [3.63, 3.8) is 0 Å². The van der Waals surface area contributed by atoms with Gasteiger partial charge in [0.25, 0.3) is 0 Å². The van der Waals surface area contributed by atoms with Crippen molar-refractivity contribution in [3.8, 4) is 0 Å². The second-order valence-electron chi connectivity index (χ2n) is 5.07. The molecule has 1 unspecified atom stereocenters. The van der Waals surface area contributed by atoms with E-state index in [1.807, 2.05) is 6.07 Å². The Bertz CT molecular complexity index is 415. The largest absolute Gasteiger partial charge is 0.299 e. The van der Waals surface area contributed by atoms with Crippen LogP contribution in [-0.4, -0.2) is 5.78 Å². The molecular formula is C16H22Cl2O. The van der Waals surface area contributed by atoms with E-state index in [-0.39, 0.29) is 5.78 Å². The number of benzene rings is 1. The zero-order chi connectivity index (χ0) is 14.3. The number of hydrogen-bond acceptors (Lipinski definition) is 1. The quantitative estimate of drug-likeness (QED) is 0.601. The zero-order valence-electron chi connectivity index (χ0n) is 11.7. The number of unbranched alkanes of at least 4 members (excludes halogenated alkanes) is 1. The van der Waals surface area contributed by atoms with E-state index in [1.165, 1.54) is 12.8 Å². The lowest BCUT2D eigenvalue weighted by Gasteiger charge is -2.13. The van der Waals surface area contributed by atoms with Crippen LogP contribution in [-0.2, 0) is 11.2 Å². The van der Waals surface area contributed by atoms with Crippen molar-refractivity contribution >= 4 is 29.0 Å². The van der Waals surface area contributed by atoms with Crippen molar-refractivity contribution in [1.29, 1.82) is 0 Å². The Morgan fingerprint density at radius 1 is 1.26 bits per heavy atom. The monoisotopic (exact) mass is 300 g/mol. The van der Waals surface area contributed by atoms with Gasteiger partial charge in [0, 0.05) is 22.9 Å². The van der Waals surface area contributed by atoms with Gasteiger partial charge in [-0.1, -0.05) is 68.8 Å². The van der Waals surface area contributed by atoms with E-state index >= 15 is 0 Å². The lowest BCUT2D eigenvalue weighted by molar-refractivity contribution is -0.119. The number of halogens is 2. The molecule has 1 aromatic carbocycles. The summed E-state index contributed by atoms with van der Waals surface area (Å²) in [4.78, 5) is 12.1. The SMILES string of the molecule is CCCCC(CC)CC(=O)Cc1ccc(Cl)cc1Cl. The predicted molar refractivity (Wildman–Crippen MR) is 83.1 cm³/mol. The van der Waals surface area contributed by atoms with Crippen LogP contribution >= 0.6 is 23.2 Å². The maximum Gasteiger partial charge on any atom is 0.137 e. The van der Waals surface area contributed by atoms with E-state index in [4.69, 9.17) is 23.2 Å². The molecule has 0 aliphatic rings. The highest BCUT2D eigenvalue weighted by Gasteiger charge is 2.13. The van der Waals surface area contributed by atoms with E-state index in [1.54, 1.807) is 12.1 Å². The number of hydrogen-bond donors (Lipinski definition) is 0. The molecule has 0 aliphatic heterocycles. The Morgan fingerprint density at radius 3 is 2.58 bits per heavy atom. The van der Waals surface area contributed by atoms with Crippen LogP contribution < -0.4 is 0 Å². The summed E-state index contributed by atoms with van der Waals surface area (Å²) in [6, 6.07) is 5.32. The molecule has 3 heteroatoms. The van der Waals surface area contributed by atoms with Crippen molar-refractivity contribution in [1.82, 2.24) is 0 Å². The molecule has 0 saturated heterocycles. The van der Waals surface area contributed by atoms with E-state index in [2.05, 4.69) is 13.8 Å². The third-order valence-corrected chi connectivity index (χ3v) is 4.05.